The molecule has 29 heavy (non-hydrogen) atoms. The van der Waals surface area contributed by atoms with Gasteiger partial charge < -0.3 is 9.84 Å². The molecule has 0 amide bonds. The number of aliphatic hydroxyl groups excluding tert-OH is 1. The highest BCUT2D eigenvalue weighted by Crippen LogP contribution is 2.67. The van der Waals surface area contributed by atoms with Crippen LogP contribution in [-0.4, -0.2) is 29.7 Å². The minimum Gasteiger partial charge on any atom is -0.393 e. The topological polar surface area (TPSA) is 46.5 Å². The fraction of sp³-hybridized carbons (Fsp3) is 0.885. The molecular formula is C26H40O3. The quantitative estimate of drug-likeness (QED) is 0.639. The van der Waals surface area contributed by atoms with Gasteiger partial charge in [-0.05, 0) is 106 Å². The Hall–Kier alpha value is -0.670. The molecule has 9 atom stereocenters. The van der Waals surface area contributed by atoms with E-state index in [9.17, 15) is 9.90 Å². The second kappa shape index (κ2) is 7.19. The van der Waals surface area contributed by atoms with Gasteiger partial charge in [0, 0.05) is 12.5 Å². The van der Waals surface area contributed by atoms with Crippen molar-refractivity contribution in [2.75, 3.05) is 6.61 Å². The molecule has 0 aromatic rings. The smallest absolute Gasteiger partial charge is 0.133 e. The van der Waals surface area contributed by atoms with Crippen LogP contribution in [0.1, 0.15) is 85.0 Å². The highest BCUT2D eigenvalue weighted by atomic mass is 16.5. The average molecular weight is 401 g/mol. The molecule has 5 aliphatic rings. The van der Waals surface area contributed by atoms with E-state index >= 15 is 0 Å². The Morgan fingerprint density at radius 3 is 2.66 bits per heavy atom. The van der Waals surface area contributed by atoms with Crippen LogP contribution in [0, 0.1) is 40.4 Å². The summed E-state index contributed by atoms with van der Waals surface area (Å²) in [7, 11) is 0. The second-order valence-electron chi connectivity index (χ2n) is 11.5. The fourth-order valence-electron chi connectivity index (χ4n) is 9.08. The number of ether oxygens (including phenoxy) is 1. The predicted octanol–water partition coefficient (Wildman–Crippen LogP) is 5.31. The van der Waals surface area contributed by atoms with E-state index in [1.54, 1.807) is 0 Å². The lowest BCUT2D eigenvalue weighted by Crippen LogP contribution is -2.56. The first-order chi connectivity index (χ1) is 13.9. The molecule has 3 heteroatoms. The molecular weight excluding hydrogens is 360 g/mol. The molecule has 0 aromatic carbocycles. The van der Waals surface area contributed by atoms with Crippen molar-refractivity contribution in [1.82, 2.24) is 0 Å². The summed E-state index contributed by atoms with van der Waals surface area (Å²) in [5, 5.41) is 10.7. The minimum absolute atomic E-state index is 0.166. The van der Waals surface area contributed by atoms with Crippen molar-refractivity contribution in [3.8, 4) is 0 Å². The van der Waals surface area contributed by atoms with Gasteiger partial charge in [-0.25, -0.2) is 0 Å². The zero-order valence-electron chi connectivity index (χ0n) is 18.7. The third-order valence-corrected chi connectivity index (χ3v) is 10.4. The summed E-state index contributed by atoms with van der Waals surface area (Å²) in [6.45, 7) is 7.68. The highest BCUT2D eigenvalue weighted by Gasteiger charge is 2.62. The predicted molar refractivity (Wildman–Crippen MR) is 114 cm³/mol. The molecule has 0 spiro atoms. The maximum atomic E-state index is 12.4. The van der Waals surface area contributed by atoms with Crippen molar-refractivity contribution in [2.45, 2.75) is 97.2 Å². The van der Waals surface area contributed by atoms with Crippen LogP contribution in [-0.2, 0) is 9.53 Å². The van der Waals surface area contributed by atoms with Gasteiger partial charge in [-0.15, -0.1) is 0 Å². The van der Waals surface area contributed by atoms with E-state index in [2.05, 4.69) is 19.9 Å². The SMILES string of the molecule is CC(=O)[C@H]1CCC2C3CC=C4C[C@@H](O)CC(C5CCCCO5)[C@@]4(C)C3CC[C@@]21C. The molecule has 0 bridgehead atoms. The van der Waals surface area contributed by atoms with Crippen molar-refractivity contribution in [3.63, 3.8) is 0 Å². The molecule has 0 aromatic heterocycles. The number of hydrogen-bond donors (Lipinski definition) is 1. The second-order valence-corrected chi connectivity index (χ2v) is 11.5. The Balaban J connectivity index is 1.50. The van der Waals surface area contributed by atoms with Gasteiger partial charge in [0.2, 0.25) is 0 Å². The standard InChI is InChI=1S/C26H40O3/c1-16(27)20-9-10-21-19-8-7-17-14-18(28)15-23(24-6-4-5-13-29-24)26(17,3)22(19)11-12-25(20,21)2/h7,18-24,28H,4-6,8-15H2,1-3H3/t18-,19?,20-,21?,22?,23?,24?,25-,26-/m1/s1. The monoisotopic (exact) mass is 400 g/mol. The van der Waals surface area contributed by atoms with Crippen LogP contribution in [0.25, 0.3) is 0 Å². The number of carbonyl (C=O) groups is 1. The lowest BCUT2D eigenvalue weighted by Gasteiger charge is -2.61. The molecule has 3 saturated carbocycles. The molecule has 1 N–H and O–H groups in total. The van der Waals surface area contributed by atoms with E-state index in [1.165, 1.54) is 37.7 Å². The number of aliphatic hydroxyl groups is 1. The van der Waals surface area contributed by atoms with Crippen LogP contribution in [0.2, 0.25) is 0 Å². The molecule has 3 nitrogen and oxygen atoms in total. The lowest BCUT2D eigenvalue weighted by atomic mass is 9.44. The third kappa shape index (κ3) is 2.93. The molecule has 5 rings (SSSR count). The number of carbonyl (C=O) groups excluding carboxylic acids is 1. The third-order valence-electron chi connectivity index (χ3n) is 10.4. The molecule has 5 unspecified atom stereocenters. The summed E-state index contributed by atoms with van der Waals surface area (Å²) >= 11 is 0. The zero-order valence-corrected chi connectivity index (χ0v) is 18.7. The summed E-state index contributed by atoms with van der Waals surface area (Å²) in [4.78, 5) is 12.4. The maximum Gasteiger partial charge on any atom is 0.133 e. The molecule has 162 valence electrons. The minimum atomic E-state index is -0.205. The van der Waals surface area contributed by atoms with Gasteiger partial charge in [-0.1, -0.05) is 25.5 Å². The van der Waals surface area contributed by atoms with Crippen LogP contribution < -0.4 is 0 Å². The number of rotatable bonds is 2. The summed E-state index contributed by atoms with van der Waals surface area (Å²) in [5.74, 6) is 3.21. The van der Waals surface area contributed by atoms with Crippen LogP contribution in [0.4, 0.5) is 0 Å². The first kappa shape index (κ1) is 20.2. The highest BCUT2D eigenvalue weighted by molar-refractivity contribution is 5.79. The van der Waals surface area contributed by atoms with Gasteiger partial charge >= 0.3 is 0 Å². The van der Waals surface area contributed by atoms with Crippen molar-refractivity contribution in [2.24, 2.45) is 40.4 Å². The first-order valence-corrected chi connectivity index (χ1v) is 12.4. The Kier molecular flexibility index (Phi) is 5.02. The molecule has 4 fully saturated rings. The Morgan fingerprint density at radius 1 is 1.10 bits per heavy atom. The van der Waals surface area contributed by atoms with E-state index in [4.69, 9.17) is 4.74 Å². The van der Waals surface area contributed by atoms with Gasteiger partial charge in [-0.3, -0.25) is 4.79 Å². The van der Waals surface area contributed by atoms with Crippen molar-refractivity contribution < 1.29 is 14.6 Å². The van der Waals surface area contributed by atoms with E-state index in [0.717, 1.165) is 38.7 Å². The number of allylic oxidation sites excluding steroid dienone is 1. The Morgan fingerprint density at radius 2 is 1.93 bits per heavy atom. The zero-order chi connectivity index (χ0) is 20.4. The average Bonchev–Trinajstić information content (AvgIpc) is 3.06. The van der Waals surface area contributed by atoms with Gasteiger partial charge in [0.25, 0.3) is 0 Å². The largest absolute Gasteiger partial charge is 0.393 e. The summed E-state index contributed by atoms with van der Waals surface area (Å²) in [5.41, 5.74) is 1.90. The molecule has 0 radical (unpaired) electrons. The number of Topliss-reactive ketones (excluding diaryl/α,β-unsaturated/α-hetero) is 1. The fourth-order valence-corrected chi connectivity index (χ4v) is 9.08. The van der Waals surface area contributed by atoms with Crippen molar-refractivity contribution >= 4 is 5.78 Å². The van der Waals surface area contributed by atoms with E-state index in [-0.39, 0.29) is 22.9 Å². The Bertz CT molecular complexity index is 692. The van der Waals surface area contributed by atoms with Crippen LogP contribution in [0.3, 0.4) is 0 Å². The van der Waals surface area contributed by atoms with E-state index in [0.29, 0.717) is 35.6 Å². The van der Waals surface area contributed by atoms with Gasteiger partial charge in [-0.2, -0.15) is 0 Å². The number of hydrogen-bond acceptors (Lipinski definition) is 3. The van der Waals surface area contributed by atoms with E-state index < -0.39 is 0 Å². The van der Waals surface area contributed by atoms with Gasteiger partial charge in [0.15, 0.2) is 0 Å². The van der Waals surface area contributed by atoms with Crippen LogP contribution in [0.5, 0.6) is 0 Å². The van der Waals surface area contributed by atoms with Gasteiger partial charge in [0.05, 0.1) is 12.2 Å². The first-order valence-electron chi connectivity index (χ1n) is 12.4. The van der Waals surface area contributed by atoms with Crippen molar-refractivity contribution in [3.05, 3.63) is 11.6 Å². The molecule has 1 heterocycles. The van der Waals surface area contributed by atoms with Crippen LogP contribution >= 0.6 is 0 Å². The van der Waals surface area contributed by atoms with E-state index in [1.807, 2.05) is 6.92 Å². The van der Waals surface area contributed by atoms with Crippen molar-refractivity contribution in [1.29, 1.82) is 0 Å². The summed E-state index contributed by atoms with van der Waals surface area (Å²) < 4.78 is 6.33. The Labute approximate surface area is 176 Å². The summed E-state index contributed by atoms with van der Waals surface area (Å²) in [6, 6.07) is 0. The molecule has 1 aliphatic heterocycles. The number of ketones is 1. The normalized spacial score (nSPS) is 52.1. The summed E-state index contributed by atoms with van der Waals surface area (Å²) in [6.07, 6.45) is 13.9. The van der Waals surface area contributed by atoms with Gasteiger partial charge in [0.1, 0.15) is 5.78 Å². The number of fused-ring (bicyclic) bond motifs is 5. The molecule has 4 aliphatic carbocycles. The molecule has 1 saturated heterocycles. The lowest BCUT2D eigenvalue weighted by molar-refractivity contribution is -0.136. The maximum absolute atomic E-state index is 12.4. The van der Waals surface area contributed by atoms with Crippen LogP contribution in [0.15, 0.2) is 11.6 Å².